The van der Waals surface area contributed by atoms with Gasteiger partial charge in [0.2, 0.25) is 11.9 Å². The fourth-order valence-corrected chi connectivity index (χ4v) is 2.07. The van der Waals surface area contributed by atoms with E-state index in [-0.39, 0.29) is 18.1 Å². The number of aromatic nitrogens is 2. The quantitative estimate of drug-likeness (QED) is 0.688. The first kappa shape index (κ1) is 19.7. The minimum Gasteiger partial charge on any atom is -0.481 e. The van der Waals surface area contributed by atoms with Gasteiger partial charge in [-0.2, -0.15) is 0 Å². The molecule has 3 N–H and O–H groups in total. The topological polar surface area (TPSA) is 132 Å². The summed E-state index contributed by atoms with van der Waals surface area (Å²) in [7, 11) is 1.19. The van der Waals surface area contributed by atoms with Crippen LogP contribution in [0.1, 0.15) is 23.2 Å². The van der Waals surface area contributed by atoms with Crippen LogP contribution in [-0.4, -0.2) is 39.9 Å². The molecule has 0 atom stereocenters. The van der Waals surface area contributed by atoms with Crippen LogP contribution in [0.2, 0.25) is 0 Å². The minimum absolute atomic E-state index is 0.244. The van der Waals surface area contributed by atoms with E-state index < -0.39 is 47.0 Å². The van der Waals surface area contributed by atoms with Crippen molar-refractivity contribution in [1.82, 2.24) is 9.97 Å². The molecule has 2 aromatic rings. The molecule has 27 heavy (non-hydrogen) atoms. The molecule has 1 aromatic carbocycles. The average Bonchev–Trinajstić information content (AvgIpc) is 2.59. The van der Waals surface area contributed by atoms with Crippen molar-refractivity contribution in [3.63, 3.8) is 0 Å². The number of H-pyrrole nitrogens is 1. The molecule has 0 aliphatic carbocycles. The maximum atomic E-state index is 13.8. The van der Waals surface area contributed by atoms with Gasteiger partial charge < -0.3 is 10.0 Å². The number of halogens is 2. The zero-order valence-electron chi connectivity index (χ0n) is 14.0. The Morgan fingerprint density at radius 2 is 1.96 bits per heavy atom. The van der Waals surface area contributed by atoms with E-state index in [0.717, 1.165) is 23.2 Å². The first-order valence-electron chi connectivity index (χ1n) is 7.53. The van der Waals surface area contributed by atoms with Crippen molar-refractivity contribution in [2.45, 2.75) is 12.8 Å². The second-order valence-corrected chi connectivity index (χ2v) is 5.38. The van der Waals surface area contributed by atoms with E-state index in [1.54, 1.807) is 0 Å². The van der Waals surface area contributed by atoms with Crippen LogP contribution < -0.4 is 15.8 Å². The highest BCUT2D eigenvalue weighted by Crippen LogP contribution is 2.20. The highest BCUT2D eigenvalue weighted by Gasteiger charge is 2.21. The standard InChI is InChI=1S/C16H14F2N4O5/c1-22(11-3-2-8(17)6-10(11)18)15(27)9-7-19-16(21-14(9)26)20-12(23)4-5-13(24)25/h2-3,6-7H,4-5H2,1H3,(H,24,25)(H2,19,20,21,23,26). The van der Waals surface area contributed by atoms with Crippen molar-refractivity contribution in [1.29, 1.82) is 0 Å². The molecule has 0 radical (unpaired) electrons. The van der Waals surface area contributed by atoms with Gasteiger partial charge in [-0.1, -0.05) is 0 Å². The number of aromatic amines is 1. The summed E-state index contributed by atoms with van der Waals surface area (Å²) in [6, 6.07) is 2.60. The maximum Gasteiger partial charge on any atom is 0.303 e. The molecule has 0 fully saturated rings. The Balaban J connectivity index is 2.17. The molecule has 0 aliphatic rings. The van der Waals surface area contributed by atoms with E-state index in [9.17, 15) is 28.0 Å². The molecular weight excluding hydrogens is 366 g/mol. The predicted molar refractivity (Wildman–Crippen MR) is 89.4 cm³/mol. The van der Waals surface area contributed by atoms with E-state index in [1.807, 2.05) is 0 Å². The molecule has 2 amide bonds. The average molecular weight is 380 g/mol. The first-order chi connectivity index (χ1) is 12.7. The fraction of sp³-hybridized carbons (Fsp3) is 0.188. The molecule has 11 heteroatoms. The number of amides is 2. The van der Waals surface area contributed by atoms with Crippen molar-refractivity contribution in [3.05, 3.63) is 51.9 Å². The number of carbonyl (C=O) groups is 3. The van der Waals surface area contributed by atoms with Crippen LogP contribution in [0.3, 0.4) is 0 Å². The normalized spacial score (nSPS) is 10.3. The summed E-state index contributed by atoms with van der Waals surface area (Å²) >= 11 is 0. The minimum atomic E-state index is -1.16. The second kappa shape index (κ2) is 8.17. The van der Waals surface area contributed by atoms with Gasteiger partial charge in [0.1, 0.15) is 17.2 Å². The summed E-state index contributed by atoms with van der Waals surface area (Å²) < 4.78 is 26.8. The second-order valence-electron chi connectivity index (χ2n) is 5.38. The number of hydrogen-bond donors (Lipinski definition) is 3. The number of rotatable bonds is 6. The Labute approximate surface area is 150 Å². The number of anilines is 2. The Bertz CT molecular complexity index is 960. The van der Waals surface area contributed by atoms with Crippen molar-refractivity contribution in [2.75, 3.05) is 17.3 Å². The molecule has 0 saturated carbocycles. The first-order valence-corrected chi connectivity index (χ1v) is 7.53. The third kappa shape index (κ3) is 4.93. The van der Waals surface area contributed by atoms with E-state index in [4.69, 9.17) is 5.11 Å². The van der Waals surface area contributed by atoms with Gasteiger partial charge in [0.25, 0.3) is 11.5 Å². The zero-order valence-corrected chi connectivity index (χ0v) is 14.0. The monoisotopic (exact) mass is 380 g/mol. The van der Waals surface area contributed by atoms with Gasteiger partial charge >= 0.3 is 5.97 Å². The van der Waals surface area contributed by atoms with Gasteiger partial charge in [0.15, 0.2) is 0 Å². The number of benzene rings is 1. The molecular formula is C16H14F2N4O5. The molecule has 0 unspecified atom stereocenters. The van der Waals surface area contributed by atoms with Crippen molar-refractivity contribution >= 4 is 29.4 Å². The molecule has 1 heterocycles. The maximum absolute atomic E-state index is 13.8. The van der Waals surface area contributed by atoms with E-state index in [1.165, 1.54) is 7.05 Å². The van der Waals surface area contributed by atoms with Gasteiger partial charge in [0.05, 0.1) is 12.1 Å². The summed E-state index contributed by atoms with van der Waals surface area (Å²) in [6.45, 7) is 0. The van der Waals surface area contributed by atoms with Gasteiger partial charge in [-0.3, -0.25) is 29.5 Å². The van der Waals surface area contributed by atoms with Crippen LogP contribution in [0.4, 0.5) is 20.4 Å². The van der Waals surface area contributed by atoms with Crippen LogP contribution >= 0.6 is 0 Å². The SMILES string of the molecule is CN(C(=O)c1cnc(NC(=O)CCC(=O)O)[nH]c1=O)c1ccc(F)cc1F. The number of nitrogens with one attached hydrogen (secondary N) is 2. The smallest absolute Gasteiger partial charge is 0.303 e. The van der Waals surface area contributed by atoms with Crippen LogP contribution in [0.15, 0.2) is 29.2 Å². The van der Waals surface area contributed by atoms with Crippen LogP contribution in [0.5, 0.6) is 0 Å². The van der Waals surface area contributed by atoms with E-state index in [2.05, 4.69) is 15.3 Å². The third-order valence-corrected chi connectivity index (χ3v) is 3.43. The number of aliphatic carboxylic acids is 1. The number of hydrogen-bond acceptors (Lipinski definition) is 5. The Morgan fingerprint density at radius 3 is 2.56 bits per heavy atom. The van der Waals surface area contributed by atoms with Crippen LogP contribution in [0, 0.1) is 11.6 Å². The van der Waals surface area contributed by atoms with Crippen LogP contribution in [0.25, 0.3) is 0 Å². The molecule has 9 nitrogen and oxygen atoms in total. The summed E-state index contributed by atoms with van der Waals surface area (Å²) in [6.07, 6.45) is 0.152. The fourth-order valence-electron chi connectivity index (χ4n) is 2.07. The van der Waals surface area contributed by atoms with Crippen LogP contribution in [-0.2, 0) is 9.59 Å². The van der Waals surface area contributed by atoms with E-state index in [0.29, 0.717) is 6.07 Å². The predicted octanol–water partition coefficient (Wildman–Crippen LogP) is 1.13. The molecule has 142 valence electrons. The molecule has 0 aliphatic heterocycles. The van der Waals surface area contributed by atoms with Gasteiger partial charge in [-0.05, 0) is 12.1 Å². The molecule has 0 saturated heterocycles. The van der Waals surface area contributed by atoms with Crippen molar-refractivity contribution in [3.8, 4) is 0 Å². The third-order valence-electron chi connectivity index (χ3n) is 3.43. The highest BCUT2D eigenvalue weighted by atomic mass is 19.1. The van der Waals surface area contributed by atoms with Gasteiger partial charge in [-0.25, -0.2) is 13.8 Å². The lowest BCUT2D eigenvalue weighted by Gasteiger charge is -2.17. The lowest BCUT2D eigenvalue weighted by molar-refractivity contribution is -0.138. The summed E-state index contributed by atoms with van der Waals surface area (Å²) in [5.74, 6) is -4.84. The lowest BCUT2D eigenvalue weighted by Crippen LogP contribution is -2.33. The molecule has 1 aromatic heterocycles. The van der Waals surface area contributed by atoms with Gasteiger partial charge in [0, 0.05) is 25.7 Å². The van der Waals surface area contributed by atoms with Crippen molar-refractivity contribution in [2.24, 2.45) is 0 Å². The number of nitrogens with zero attached hydrogens (tertiary/aromatic N) is 2. The summed E-state index contributed by atoms with van der Waals surface area (Å²) in [5, 5.41) is 10.7. The molecule has 2 rings (SSSR count). The Morgan fingerprint density at radius 1 is 1.26 bits per heavy atom. The van der Waals surface area contributed by atoms with E-state index >= 15 is 0 Å². The van der Waals surface area contributed by atoms with Gasteiger partial charge in [-0.15, -0.1) is 0 Å². The summed E-state index contributed by atoms with van der Waals surface area (Å²) in [4.78, 5) is 53.0. The number of carboxylic acid groups (broad SMARTS) is 1. The highest BCUT2D eigenvalue weighted by molar-refractivity contribution is 6.05. The largest absolute Gasteiger partial charge is 0.481 e. The van der Waals surface area contributed by atoms with Crippen molar-refractivity contribution < 1.29 is 28.3 Å². The number of carbonyl (C=O) groups excluding carboxylic acids is 2. The zero-order chi connectivity index (χ0) is 20.1. The Kier molecular flexibility index (Phi) is 5.96. The number of carboxylic acids is 1. The summed E-state index contributed by atoms with van der Waals surface area (Å²) in [5.41, 5.74) is -1.59. The molecule has 0 spiro atoms. The lowest BCUT2D eigenvalue weighted by atomic mass is 10.2. The molecule has 0 bridgehead atoms. The Hall–Kier alpha value is -3.63.